The van der Waals surface area contributed by atoms with Gasteiger partial charge < -0.3 is 5.73 Å². The third-order valence-electron chi connectivity index (χ3n) is 4.53. The van der Waals surface area contributed by atoms with Gasteiger partial charge in [0.25, 0.3) is 0 Å². The molecule has 0 radical (unpaired) electrons. The van der Waals surface area contributed by atoms with Gasteiger partial charge in [-0.1, -0.05) is 54.9 Å². The van der Waals surface area contributed by atoms with Gasteiger partial charge in [-0.3, -0.25) is 0 Å². The maximum absolute atomic E-state index is 5.52. The molecule has 0 saturated heterocycles. The van der Waals surface area contributed by atoms with E-state index in [2.05, 4.69) is 58.9 Å². The van der Waals surface area contributed by atoms with E-state index in [1.54, 1.807) is 11.1 Å². The van der Waals surface area contributed by atoms with Crippen LogP contribution in [0.15, 0.2) is 46.6 Å². The molecule has 1 heteroatoms. The molecule has 0 aromatic rings. The quantitative estimate of drug-likeness (QED) is 0.492. The molecule has 21 heavy (non-hydrogen) atoms. The van der Waals surface area contributed by atoms with Crippen molar-refractivity contribution in [1.29, 1.82) is 0 Å². The van der Waals surface area contributed by atoms with Crippen molar-refractivity contribution in [2.75, 3.05) is 6.54 Å². The third-order valence-corrected chi connectivity index (χ3v) is 4.53. The molecule has 2 N–H and O–H groups in total. The highest BCUT2D eigenvalue weighted by Crippen LogP contribution is 2.40. The fourth-order valence-electron chi connectivity index (χ4n) is 3.12. The highest BCUT2D eigenvalue weighted by Gasteiger charge is 2.26. The Labute approximate surface area is 131 Å². The van der Waals surface area contributed by atoms with Gasteiger partial charge in [0, 0.05) is 6.54 Å². The number of hydrogen-bond acceptors (Lipinski definition) is 1. The predicted molar refractivity (Wildman–Crippen MR) is 95.3 cm³/mol. The Bertz CT molecular complexity index is 458. The maximum Gasteiger partial charge on any atom is 0.0109 e. The van der Waals surface area contributed by atoms with Crippen LogP contribution >= 0.6 is 0 Å². The first kappa shape index (κ1) is 18.0. The Morgan fingerprint density at radius 3 is 2.57 bits per heavy atom. The first-order valence-electron chi connectivity index (χ1n) is 8.27. The molecule has 1 rings (SSSR count). The topological polar surface area (TPSA) is 26.0 Å². The zero-order chi connectivity index (χ0) is 15.9. The SMILES string of the molecule is CC1=C(/C=C/C(C)=C/CC/C(C)=C/CN)C(C)(C)CCC1. The summed E-state index contributed by atoms with van der Waals surface area (Å²) in [5.74, 6) is 0. The van der Waals surface area contributed by atoms with Gasteiger partial charge >= 0.3 is 0 Å². The molecule has 1 aliphatic rings. The summed E-state index contributed by atoms with van der Waals surface area (Å²) >= 11 is 0. The van der Waals surface area contributed by atoms with Crippen molar-refractivity contribution in [2.24, 2.45) is 11.1 Å². The molecule has 1 aliphatic carbocycles. The van der Waals surface area contributed by atoms with Crippen LogP contribution in [0, 0.1) is 5.41 Å². The van der Waals surface area contributed by atoms with E-state index >= 15 is 0 Å². The molecule has 0 bridgehead atoms. The van der Waals surface area contributed by atoms with E-state index in [4.69, 9.17) is 5.73 Å². The minimum absolute atomic E-state index is 0.333. The van der Waals surface area contributed by atoms with Crippen molar-refractivity contribution < 1.29 is 0 Å². The van der Waals surface area contributed by atoms with E-state index in [0.717, 1.165) is 12.8 Å². The fraction of sp³-hybridized carbons (Fsp3) is 0.600. The molecule has 0 aromatic heterocycles. The molecule has 0 aromatic carbocycles. The lowest BCUT2D eigenvalue weighted by atomic mass is 9.72. The normalized spacial score (nSPS) is 20.5. The van der Waals surface area contributed by atoms with Gasteiger partial charge in [-0.15, -0.1) is 0 Å². The van der Waals surface area contributed by atoms with Crippen LogP contribution in [-0.4, -0.2) is 6.54 Å². The van der Waals surface area contributed by atoms with E-state index in [9.17, 15) is 0 Å². The van der Waals surface area contributed by atoms with Crippen LogP contribution < -0.4 is 5.73 Å². The average Bonchev–Trinajstić information content (AvgIpc) is 2.37. The molecule has 1 nitrogen and oxygen atoms in total. The third kappa shape index (κ3) is 6.05. The Balaban J connectivity index is 2.65. The first-order valence-corrected chi connectivity index (χ1v) is 8.27. The van der Waals surface area contributed by atoms with Gasteiger partial charge in [0.2, 0.25) is 0 Å². The predicted octanol–water partition coefficient (Wildman–Crippen LogP) is 5.70. The molecule has 0 fully saturated rings. The number of allylic oxidation sites excluding steroid dienone is 7. The highest BCUT2D eigenvalue weighted by atomic mass is 14.5. The fourth-order valence-corrected chi connectivity index (χ4v) is 3.12. The molecule has 0 aliphatic heterocycles. The number of rotatable bonds is 6. The van der Waals surface area contributed by atoms with Gasteiger partial charge in [-0.2, -0.15) is 0 Å². The summed E-state index contributed by atoms with van der Waals surface area (Å²) in [6.45, 7) is 12.0. The molecule has 0 unspecified atom stereocenters. The van der Waals surface area contributed by atoms with E-state index in [1.165, 1.54) is 30.4 Å². The second kappa shape index (κ2) is 8.38. The van der Waals surface area contributed by atoms with Crippen molar-refractivity contribution in [2.45, 2.75) is 66.7 Å². The Hall–Kier alpha value is -1.08. The van der Waals surface area contributed by atoms with Crippen LogP contribution in [-0.2, 0) is 0 Å². The van der Waals surface area contributed by atoms with Crippen molar-refractivity contribution in [3.05, 3.63) is 46.6 Å². The molecule has 0 atom stereocenters. The van der Waals surface area contributed by atoms with Crippen LogP contribution in [0.3, 0.4) is 0 Å². The van der Waals surface area contributed by atoms with Crippen LogP contribution in [0.2, 0.25) is 0 Å². The van der Waals surface area contributed by atoms with Crippen LogP contribution in [0.1, 0.15) is 66.7 Å². The lowest BCUT2D eigenvalue weighted by Crippen LogP contribution is -2.19. The summed E-state index contributed by atoms with van der Waals surface area (Å²) in [5.41, 5.74) is 11.7. The zero-order valence-corrected chi connectivity index (χ0v) is 14.6. The summed E-state index contributed by atoms with van der Waals surface area (Å²) in [4.78, 5) is 0. The average molecular weight is 287 g/mol. The summed E-state index contributed by atoms with van der Waals surface area (Å²) in [6.07, 6.45) is 15.2. The van der Waals surface area contributed by atoms with E-state index in [1.807, 2.05) is 0 Å². The monoisotopic (exact) mass is 287 g/mol. The largest absolute Gasteiger partial charge is 0.327 e. The second-order valence-corrected chi connectivity index (χ2v) is 7.04. The van der Waals surface area contributed by atoms with Crippen molar-refractivity contribution in [1.82, 2.24) is 0 Å². The summed E-state index contributed by atoms with van der Waals surface area (Å²) < 4.78 is 0. The van der Waals surface area contributed by atoms with Gasteiger partial charge in [0.15, 0.2) is 0 Å². The van der Waals surface area contributed by atoms with Gasteiger partial charge in [-0.25, -0.2) is 0 Å². The van der Waals surface area contributed by atoms with Crippen LogP contribution in [0.4, 0.5) is 0 Å². The molecule has 0 spiro atoms. The van der Waals surface area contributed by atoms with Gasteiger partial charge in [0.05, 0.1) is 0 Å². The standard InChI is InChI=1S/C20H33N/c1-16(8-6-9-17(2)13-15-21)11-12-19-18(3)10-7-14-20(19,4)5/h8,11-13H,6-7,9-10,14-15,21H2,1-5H3/b12-11+,16-8+,17-13+. The lowest BCUT2D eigenvalue weighted by Gasteiger charge is -2.32. The van der Waals surface area contributed by atoms with Crippen LogP contribution in [0.5, 0.6) is 0 Å². The van der Waals surface area contributed by atoms with Crippen molar-refractivity contribution in [3.8, 4) is 0 Å². The molecular weight excluding hydrogens is 254 g/mol. The van der Waals surface area contributed by atoms with E-state index in [-0.39, 0.29) is 0 Å². The first-order chi connectivity index (χ1) is 9.86. The lowest BCUT2D eigenvalue weighted by molar-refractivity contribution is 0.377. The summed E-state index contributed by atoms with van der Waals surface area (Å²) in [6, 6.07) is 0. The van der Waals surface area contributed by atoms with Crippen molar-refractivity contribution in [3.63, 3.8) is 0 Å². The summed E-state index contributed by atoms with van der Waals surface area (Å²) in [7, 11) is 0. The molecule has 118 valence electrons. The Morgan fingerprint density at radius 2 is 1.95 bits per heavy atom. The number of nitrogens with two attached hydrogens (primary N) is 1. The van der Waals surface area contributed by atoms with E-state index < -0.39 is 0 Å². The van der Waals surface area contributed by atoms with E-state index in [0.29, 0.717) is 12.0 Å². The highest BCUT2D eigenvalue weighted by molar-refractivity contribution is 5.35. The van der Waals surface area contributed by atoms with Crippen LogP contribution in [0.25, 0.3) is 0 Å². The van der Waals surface area contributed by atoms with Gasteiger partial charge in [-0.05, 0) is 63.9 Å². The molecule has 0 heterocycles. The Morgan fingerprint density at radius 1 is 1.24 bits per heavy atom. The van der Waals surface area contributed by atoms with Gasteiger partial charge in [0.1, 0.15) is 0 Å². The number of hydrogen-bond donors (Lipinski definition) is 1. The molecular formula is C20H33N. The second-order valence-electron chi connectivity index (χ2n) is 7.04. The minimum atomic E-state index is 0.333. The smallest absolute Gasteiger partial charge is 0.0109 e. The Kier molecular flexibility index (Phi) is 7.17. The maximum atomic E-state index is 5.52. The van der Waals surface area contributed by atoms with Crippen molar-refractivity contribution >= 4 is 0 Å². The molecule has 0 amide bonds. The summed E-state index contributed by atoms with van der Waals surface area (Å²) in [5, 5.41) is 0. The molecule has 0 saturated carbocycles. The minimum Gasteiger partial charge on any atom is -0.327 e. The zero-order valence-electron chi connectivity index (χ0n) is 14.6.